The van der Waals surface area contributed by atoms with Crippen molar-refractivity contribution >= 4 is 24.3 Å². The van der Waals surface area contributed by atoms with Gasteiger partial charge in [0.2, 0.25) is 0 Å². The molecular weight excluding hydrogens is 187 g/mol. The Bertz CT molecular complexity index is 178. The van der Waals surface area contributed by atoms with Crippen LogP contribution in [-0.2, 0) is 0 Å². The van der Waals surface area contributed by atoms with E-state index in [2.05, 4.69) is 0 Å². The molecule has 0 fully saturated rings. The van der Waals surface area contributed by atoms with Crippen LogP contribution in [0.25, 0.3) is 0 Å². The van der Waals surface area contributed by atoms with Gasteiger partial charge in [-0.25, -0.2) is 0 Å². The number of nitrogens with two attached hydrogens (primary N) is 1. The van der Waals surface area contributed by atoms with Crippen molar-refractivity contribution < 1.29 is 10.0 Å². The number of rotatable bonds is 4. The molecule has 0 amide bonds. The molecule has 0 rings (SSSR count). The molecule has 0 aliphatic carbocycles. The largest absolute Gasteiger partial charge is 0.472 e. The molecule has 0 aliphatic heterocycles. The van der Waals surface area contributed by atoms with E-state index in [0.29, 0.717) is 4.99 Å². The fourth-order valence-electron chi connectivity index (χ4n) is 0.875. The molecule has 0 aromatic heterocycles. The highest BCUT2D eigenvalue weighted by molar-refractivity contribution is 7.80. The van der Waals surface area contributed by atoms with E-state index in [4.69, 9.17) is 28.0 Å². The van der Waals surface area contributed by atoms with Crippen molar-refractivity contribution in [1.29, 1.82) is 0 Å². The molecule has 0 bridgehead atoms. The first-order valence-electron chi connectivity index (χ1n) is 4.23. The minimum atomic E-state index is -1.37. The topological polar surface area (TPSA) is 69.7 Å². The Hall–Kier alpha value is -0.165. The van der Waals surface area contributed by atoms with Crippen molar-refractivity contribution in [2.45, 2.75) is 19.9 Å². The lowest BCUT2D eigenvalue weighted by Crippen LogP contribution is -2.46. The summed E-state index contributed by atoms with van der Waals surface area (Å²) < 4.78 is 0. The van der Waals surface area contributed by atoms with Gasteiger partial charge in [0.05, 0.1) is 17.5 Å². The Morgan fingerprint density at radius 2 is 2.00 bits per heavy atom. The van der Waals surface area contributed by atoms with Crippen LogP contribution in [0, 0.1) is 5.92 Å². The van der Waals surface area contributed by atoms with Crippen molar-refractivity contribution in [3.63, 3.8) is 0 Å². The van der Waals surface area contributed by atoms with Gasteiger partial charge in [0.15, 0.2) is 0 Å². The Balaban J connectivity index is 4.09. The Kier molecular flexibility index (Phi) is 5.47. The van der Waals surface area contributed by atoms with Crippen LogP contribution in [0.1, 0.15) is 13.8 Å². The lowest BCUT2D eigenvalue weighted by molar-refractivity contribution is 0.375. The SMILES string of the molecule is CC(C)[C@H](N)C(=S)N(C)CB(O)O. The minimum absolute atomic E-state index is 0.0965. The van der Waals surface area contributed by atoms with Gasteiger partial charge >= 0.3 is 7.12 Å². The minimum Gasteiger partial charge on any atom is -0.426 e. The highest BCUT2D eigenvalue weighted by Crippen LogP contribution is 2.03. The summed E-state index contributed by atoms with van der Waals surface area (Å²) in [5.41, 5.74) is 5.79. The predicted molar refractivity (Wildman–Crippen MR) is 58.2 cm³/mol. The lowest BCUT2D eigenvalue weighted by atomic mass is 9.91. The van der Waals surface area contributed by atoms with Gasteiger partial charge in [0.25, 0.3) is 0 Å². The zero-order chi connectivity index (χ0) is 10.6. The summed E-state index contributed by atoms with van der Waals surface area (Å²) in [7, 11) is 0.326. The smallest absolute Gasteiger partial charge is 0.426 e. The molecule has 0 radical (unpaired) electrons. The maximum Gasteiger partial charge on any atom is 0.472 e. The molecule has 0 aromatic rings. The second-order valence-corrected chi connectivity index (χ2v) is 3.89. The van der Waals surface area contributed by atoms with E-state index in [0.717, 1.165) is 0 Å². The van der Waals surface area contributed by atoms with E-state index in [9.17, 15) is 0 Å². The fraction of sp³-hybridized carbons (Fsp3) is 0.857. The standard InChI is InChI=1S/C7H17BN2O2S/c1-5(2)6(9)7(13)10(3)4-8(11)12/h5-6,11-12H,4,9H2,1-3H3/t6-/m0/s1. The Morgan fingerprint density at radius 3 is 2.31 bits per heavy atom. The van der Waals surface area contributed by atoms with Crippen LogP contribution < -0.4 is 5.73 Å². The number of hydrogen-bond donors (Lipinski definition) is 3. The van der Waals surface area contributed by atoms with Crippen molar-refractivity contribution in [2.75, 3.05) is 13.5 Å². The first-order valence-corrected chi connectivity index (χ1v) is 4.63. The average Bonchev–Trinajstić information content (AvgIpc) is 2.00. The van der Waals surface area contributed by atoms with Crippen LogP contribution in [0.15, 0.2) is 0 Å². The zero-order valence-corrected chi connectivity index (χ0v) is 9.08. The highest BCUT2D eigenvalue weighted by Gasteiger charge is 2.20. The normalized spacial score (nSPS) is 12.8. The predicted octanol–water partition coefficient (Wildman–Crippen LogP) is -0.759. The van der Waals surface area contributed by atoms with Gasteiger partial charge in [-0.3, -0.25) is 0 Å². The maximum absolute atomic E-state index is 8.71. The van der Waals surface area contributed by atoms with Crippen LogP contribution in [-0.4, -0.2) is 46.6 Å². The third-order valence-electron chi connectivity index (χ3n) is 1.82. The molecular formula is C7H17BN2O2S. The van der Waals surface area contributed by atoms with Gasteiger partial charge in [0, 0.05) is 7.05 Å². The van der Waals surface area contributed by atoms with Gasteiger partial charge in [-0.1, -0.05) is 26.1 Å². The third kappa shape index (κ3) is 4.57. The molecule has 1 atom stereocenters. The summed E-state index contributed by atoms with van der Waals surface area (Å²) in [6.45, 7) is 3.94. The maximum atomic E-state index is 8.71. The summed E-state index contributed by atoms with van der Waals surface area (Å²) in [6, 6.07) is -0.209. The fourth-order valence-corrected chi connectivity index (χ4v) is 1.22. The van der Waals surface area contributed by atoms with Crippen LogP contribution >= 0.6 is 12.2 Å². The van der Waals surface area contributed by atoms with Crippen LogP contribution in [0.2, 0.25) is 0 Å². The molecule has 4 nitrogen and oxygen atoms in total. The molecule has 0 unspecified atom stereocenters. The quantitative estimate of drug-likeness (QED) is 0.415. The summed E-state index contributed by atoms with van der Waals surface area (Å²) in [5.74, 6) is 0.255. The average molecular weight is 204 g/mol. The summed E-state index contributed by atoms with van der Waals surface area (Å²) >= 11 is 5.07. The van der Waals surface area contributed by atoms with E-state index >= 15 is 0 Å². The highest BCUT2D eigenvalue weighted by atomic mass is 32.1. The van der Waals surface area contributed by atoms with Crippen molar-refractivity contribution in [1.82, 2.24) is 4.90 Å². The van der Waals surface area contributed by atoms with Gasteiger partial charge in [-0.15, -0.1) is 0 Å². The van der Waals surface area contributed by atoms with E-state index < -0.39 is 7.12 Å². The summed E-state index contributed by atoms with van der Waals surface area (Å²) in [5, 5.41) is 17.4. The third-order valence-corrected chi connectivity index (χ3v) is 2.40. The molecule has 0 aliphatic rings. The second-order valence-electron chi connectivity index (χ2n) is 3.47. The van der Waals surface area contributed by atoms with E-state index in [-0.39, 0.29) is 18.4 Å². The zero-order valence-electron chi connectivity index (χ0n) is 8.27. The van der Waals surface area contributed by atoms with E-state index in [1.807, 2.05) is 13.8 Å². The Labute approximate surface area is 84.9 Å². The number of nitrogens with zero attached hydrogens (tertiary/aromatic N) is 1. The lowest BCUT2D eigenvalue weighted by Gasteiger charge is -2.26. The molecule has 0 spiro atoms. The van der Waals surface area contributed by atoms with E-state index in [1.165, 1.54) is 0 Å². The van der Waals surface area contributed by atoms with Gasteiger partial charge in [-0.2, -0.15) is 0 Å². The first kappa shape index (κ1) is 12.8. The van der Waals surface area contributed by atoms with Gasteiger partial charge in [0.1, 0.15) is 0 Å². The van der Waals surface area contributed by atoms with Crippen molar-refractivity contribution in [3.8, 4) is 0 Å². The molecule has 4 N–H and O–H groups in total. The molecule has 76 valence electrons. The van der Waals surface area contributed by atoms with E-state index in [1.54, 1.807) is 11.9 Å². The number of likely N-dealkylation sites (N-methyl/N-ethyl adjacent to an activating group) is 1. The van der Waals surface area contributed by atoms with Crippen LogP contribution in [0.4, 0.5) is 0 Å². The molecule has 0 heterocycles. The van der Waals surface area contributed by atoms with Crippen LogP contribution in [0.5, 0.6) is 0 Å². The first-order chi connectivity index (χ1) is 5.86. The second kappa shape index (κ2) is 5.54. The summed E-state index contributed by atoms with van der Waals surface area (Å²) in [4.78, 5) is 2.15. The molecule has 0 saturated carbocycles. The molecule has 13 heavy (non-hydrogen) atoms. The number of thiocarbonyl (C=S) groups is 1. The molecule has 0 saturated heterocycles. The van der Waals surface area contributed by atoms with Gasteiger partial charge in [-0.05, 0) is 5.92 Å². The molecule has 6 heteroatoms. The number of hydrogen-bond acceptors (Lipinski definition) is 4. The monoisotopic (exact) mass is 204 g/mol. The Morgan fingerprint density at radius 1 is 1.54 bits per heavy atom. The van der Waals surface area contributed by atoms with Crippen LogP contribution in [0.3, 0.4) is 0 Å². The van der Waals surface area contributed by atoms with Gasteiger partial charge < -0.3 is 20.7 Å². The molecule has 0 aromatic carbocycles. The van der Waals surface area contributed by atoms with Crippen molar-refractivity contribution in [3.05, 3.63) is 0 Å². The van der Waals surface area contributed by atoms with Crippen molar-refractivity contribution in [2.24, 2.45) is 11.7 Å². The summed E-state index contributed by atoms with van der Waals surface area (Å²) in [6.07, 6.45) is 0.0965.